The lowest BCUT2D eigenvalue weighted by atomic mass is 10.1. The Hall–Kier alpha value is -1.87. The van der Waals surface area contributed by atoms with Crippen LogP contribution in [0.3, 0.4) is 0 Å². The van der Waals surface area contributed by atoms with Crippen molar-refractivity contribution in [2.75, 3.05) is 13.2 Å². The molecule has 1 fully saturated rings. The Morgan fingerprint density at radius 1 is 1.37 bits per heavy atom. The quantitative estimate of drug-likeness (QED) is 0.364. The lowest BCUT2D eigenvalue weighted by Gasteiger charge is -2.31. The maximum atomic E-state index is 13.2. The third kappa shape index (κ3) is 4.42. The standard InChI is InChI=1S/C21H22BrClN4O3/c1-21(2,12-30-17-5-3-4-6-29-17)27-11-16(15-10-25-20(23)26-19(15)27)18(28)13-7-14(22)9-24-8-13/h7-11,17H,3-6,12H2,1-2H3. The zero-order chi connectivity index (χ0) is 21.3. The highest BCUT2D eigenvalue weighted by Gasteiger charge is 2.29. The fraction of sp³-hybridized carbons (Fsp3) is 0.429. The second-order valence-corrected chi connectivity index (χ2v) is 9.18. The predicted molar refractivity (Wildman–Crippen MR) is 117 cm³/mol. The third-order valence-electron chi connectivity index (χ3n) is 5.14. The van der Waals surface area contributed by atoms with E-state index < -0.39 is 5.54 Å². The van der Waals surface area contributed by atoms with Crippen molar-refractivity contribution in [1.82, 2.24) is 19.5 Å². The van der Waals surface area contributed by atoms with E-state index in [2.05, 4.69) is 30.9 Å². The van der Waals surface area contributed by atoms with E-state index in [0.717, 1.165) is 30.3 Å². The molecule has 3 aromatic heterocycles. The molecule has 0 amide bonds. The summed E-state index contributed by atoms with van der Waals surface area (Å²) in [5, 5.41) is 0.753. The van der Waals surface area contributed by atoms with Crippen molar-refractivity contribution in [3.05, 3.63) is 51.7 Å². The summed E-state index contributed by atoms with van der Waals surface area (Å²) >= 11 is 9.45. The molecule has 4 rings (SSSR count). The van der Waals surface area contributed by atoms with Crippen molar-refractivity contribution >= 4 is 44.3 Å². The fourth-order valence-corrected chi connectivity index (χ4v) is 4.02. The topological polar surface area (TPSA) is 79.1 Å². The summed E-state index contributed by atoms with van der Waals surface area (Å²) in [6.45, 7) is 5.18. The number of hydrogen-bond acceptors (Lipinski definition) is 6. The maximum Gasteiger partial charge on any atom is 0.224 e. The van der Waals surface area contributed by atoms with Crippen LogP contribution in [0.5, 0.6) is 0 Å². The first kappa shape index (κ1) is 21.4. The molecule has 158 valence electrons. The summed E-state index contributed by atoms with van der Waals surface area (Å²) in [5.74, 6) is -0.161. The zero-order valence-electron chi connectivity index (χ0n) is 16.8. The summed E-state index contributed by atoms with van der Waals surface area (Å²) in [5.41, 5.74) is 1.05. The molecule has 0 bridgehead atoms. The minimum absolute atomic E-state index is 0.123. The average molecular weight is 494 g/mol. The summed E-state index contributed by atoms with van der Waals surface area (Å²) in [6, 6.07) is 1.74. The number of carbonyl (C=O) groups excluding carboxylic acids is 1. The van der Waals surface area contributed by atoms with Crippen molar-refractivity contribution in [2.24, 2.45) is 0 Å². The van der Waals surface area contributed by atoms with E-state index in [-0.39, 0.29) is 17.4 Å². The van der Waals surface area contributed by atoms with E-state index in [1.165, 1.54) is 0 Å². The van der Waals surface area contributed by atoms with Gasteiger partial charge in [-0.05, 0) is 66.7 Å². The van der Waals surface area contributed by atoms with E-state index in [9.17, 15) is 4.79 Å². The average Bonchev–Trinajstić information content (AvgIpc) is 3.12. The van der Waals surface area contributed by atoms with Gasteiger partial charge in [0.15, 0.2) is 12.1 Å². The van der Waals surface area contributed by atoms with Crippen molar-refractivity contribution in [2.45, 2.75) is 44.9 Å². The molecule has 3 aromatic rings. The number of halogens is 2. The molecule has 0 aliphatic carbocycles. The number of hydrogen-bond donors (Lipinski definition) is 0. The number of fused-ring (bicyclic) bond motifs is 1. The van der Waals surface area contributed by atoms with Gasteiger partial charge in [0, 0.05) is 46.8 Å². The van der Waals surface area contributed by atoms with E-state index in [1.54, 1.807) is 30.9 Å². The molecule has 0 N–H and O–H groups in total. The molecule has 7 nitrogen and oxygen atoms in total. The molecule has 1 atom stereocenters. The van der Waals surface area contributed by atoms with E-state index in [1.807, 2.05) is 18.4 Å². The SMILES string of the molecule is CC(C)(COC1CCCCO1)n1cc(C(=O)c2cncc(Br)c2)c2cnc(Cl)nc21. The van der Waals surface area contributed by atoms with Crippen LogP contribution in [0.2, 0.25) is 5.28 Å². The van der Waals surface area contributed by atoms with Gasteiger partial charge in [-0.25, -0.2) is 4.98 Å². The molecule has 0 saturated carbocycles. The number of aromatic nitrogens is 4. The molecule has 1 unspecified atom stereocenters. The molecular formula is C21H22BrClN4O3. The monoisotopic (exact) mass is 492 g/mol. The minimum Gasteiger partial charge on any atom is -0.353 e. The zero-order valence-corrected chi connectivity index (χ0v) is 19.1. The van der Waals surface area contributed by atoms with Gasteiger partial charge in [0.05, 0.1) is 17.7 Å². The molecule has 30 heavy (non-hydrogen) atoms. The molecule has 0 radical (unpaired) electrons. The lowest BCUT2D eigenvalue weighted by molar-refractivity contribution is -0.174. The lowest BCUT2D eigenvalue weighted by Crippen LogP contribution is -2.35. The summed E-state index contributed by atoms with van der Waals surface area (Å²) < 4.78 is 14.4. The van der Waals surface area contributed by atoms with Crippen LogP contribution in [-0.2, 0) is 15.0 Å². The Balaban J connectivity index is 1.70. The highest BCUT2D eigenvalue weighted by atomic mass is 79.9. The van der Waals surface area contributed by atoms with Gasteiger partial charge in [0.1, 0.15) is 5.65 Å². The first-order valence-corrected chi connectivity index (χ1v) is 10.9. The molecule has 1 aliphatic rings. The molecule has 4 heterocycles. The maximum absolute atomic E-state index is 13.2. The van der Waals surface area contributed by atoms with Crippen LogP contribution in [0.15, 0.2) is 35.3 Å². The van der Waals surface area contributed by atoms with E-state index >= 15 is 0 Å². The molecule has 1 saturated heterocycles. The van der Waals surface area contributed by atoms with Crippen LogP contribution in [0, 0.1) is 0 Å². The molecular weight excluding hydrogens is 472 g/mol. The van der Waals surface area contributed by atoms with Gasteiger partial charge in [0.25, 0.3) is 0 Å². The second kappa shape index (κ2) is 8.70. The van der Waals surface area contributed by atoms with Crippen LogP contribution >= 0.6 is 27.5 Å². The van der Waals surface area contributed by atoms with Crippen molar-refractivity contribution < 1.29 is 14.3 Å². The van der Waals surface area contributed by atoms with Gasteiger partial charge in [-0.2, -0.15) is 4.98 Å². The third-order valence-corrected chi connectivity index (χ3v) is 5.76. The van der Waals surface area contributed by atoms with Crippen LogP contribution < -0.4 is 0 Å². The number of nitrogens with zero attached hydrogens (tertiary/aromatic N) is 4. The number of ketones is 1. The second-order valence-electron chi connectivity index (χ2n) is 7.93. The fourth-order valence-electron chi connectivity index (χ4n) is 3.53. The van der Waals surface area contributed by atoms with Crippen LogP contribution in [0.25, 0.3) is 11.0 Å². The Bertz CT molecular complexity index is 1080. The summed E-state index contributed by atoms with van der Waals surface area (Å²) in [7, 11) is 0. The van der Waals surface area contributed by atoms with E-state index in [0.29, 0.717) is 28.8 Å². The number of pyridine rings is 1. The van der Waals surface area contributed by atoms with Crippen LogP contribution in [-0.4, -0.2) is 44.8 Å². The molecule has 1 aliphatic heterocycles. The molecule has 0 spiro atoms. The van der Waals surface area contributed by atoms with Crippen molar-refractivity contribution in [3.63, 3.8) is 0 Å². The van der Waals surface area contributed by atoms with E-state index in [4.69, 9.17) is 21.1 Å². The normalized spacial score (nSPS) is 17.4. The van der Waals surface area contributed by atoms with Crippen molar-refractivity contribution in [1.29, 1.82) is 0 Å². The van der Waals surface area contributed by atoms with Gasteiger partial charge in [-0.1, -0.05) is 0 Å². The van der Waals surface area contributed by atoms with Crippen molar-refractivity contribution in [3.8, 4) is 0 Å². The van der Waals surface area contributed by atoms with Gasteiger partial charge >= 0.3 is 0 Å². The van der Waals surface area contributed by atoms with Crippen LogP contribution in [0.4, 0.5) is 0 Å². The highest BCUT2D eigenvalue weighted by Crippen LogP contribution is 2.30. The smallest absolute Gasteiger partial charge is 0.224 e. The first-order chi connectivity index (χ1) is 14.3. The van der Waals surface area contributed by atoms with Crippen LogP contribution in [0.1, 0.15) is 49.0 Å². The first-order valence-electron chi connectivity index (χ1n) is 9.78. The highest BCUT2D eigenvalue weighted by molar-refractivity contribution is 9.10. The Morgan fingerprint density at radius 2 is 2.20 bits per heavy atom. The Kier molecular flexibility index (Phi) is 6.20. The van der Waals surface area contributed by atoms with Gasteiger partial charge in [-0.3, -0.25) is 9.78 Å². The van der Waals surface area contributed by atoms with Gasteiger partial charge in [0.2, 0.25) is 5.28 Å². The predicted octanol–water partition coefficient (Wildman–Crippen LogP) is 4.75. The summed E-state index contributed by atoms with van der Waals surface area (Å²) in [4.78, 5) is 25.8. The number of ether oxygens (including phenoxy) is 2. The summed E-state index contributed by atoms with van der Waals surface area (Å²) in [6.07, 6.45) is 9.41. The van der Waals surface area contributed by atoms with Gasteiger partial charge < -0.3 is 14.0 Å². The van der Waals surface area contributed by atoms with Gasteiger partial charge in [-0.15, -0.1) is 0 Å². The number of rotatable bonds is 6. The molecule has 9 heteroatoms. The number of carbonyl (C=O) groups is 1. The molecule has 0 aromatic carbocycles. The Morgan fingerprint density at radius 3 is 2.93 bits per heavy atom. The Labute approximate surface area is 187 Å². The minimum atomic E-state index is -0.495. The largest absolute Gasteiger partial charge is 0.353 e.